The van der Waals surface area contributed by atoms with Gasteiger partial charge in [-0.15, -0.1) is 0 Å². The lowest BCUT2D eigenvalue weighted by Crippen LogP contribution is -1.77. The molecule has 0 aliphatic heterocycles. The Morgan fingerprint density at radius 3 is 2.95 bits per heavy atom. The molecule has 2 aromatic heterocycles. The Bertz CT molecular complexity index is 972. The fourth-order valence-corrected chi connectivity index (χ4v) is 2.37. The molecule has 4 rings (SSSR count). The minimum atomic E-state index is 0.616. The number of aromatic amines is 1. The summed E-state index contributed by atoms with van der Waals surface area (Å²) in [5.74, 6) is 0.750. The fourth-order valence-electron chi connectivity index (χ4n) is 2.37. The number of hydrogen-bond donors (Lipinski definition) is 1. The molecule has 20 heavy (non-hydrogen) atoms. The van der Waals surface area contributed by atoms with Crippen molar-refractivity contribution in [1.82, 2.24) is 9.97 Å². The number of para-hydroxylation sites is 1. The Morgan fingerprint density at radius 2 is 2.05 bits per heavy atom. The molecule has 0 spiro atoms. The maximum Gasteiger partial charge on any atom is 0.142 e. The van der Waals surface area contributed by atoms with E-state index in [0.29, 0.717) is 5.56 Å². The molecule has 4 heteroatoms. The lowest BCUT2D eigenvalue weighted by Gasteiger charge is -1.91. The van der Waals surface area contributed by atoms with Gasteiger partial charge in [0.05, 0.1) is 28.2 Å². The summed E-state index contributed by atoms with van der Waals surface area (Å²) in [6.07, 6.45) is 1.70. The second kappa shape index (κ2) is 3.97. The molecular weight excluding hydrogens is 250 g/mol. The van der Waals surface area contributed by atoms with Crippen LogP contribution in [0, 0.1) is 11.3 Å². The van der Waals surface area contributed by atoms with E-state index in [1.165, 1.54) is 0 Å². The standard InChI is InChI=1S/C16H9N3O/c17-8-10-5-6-13-14(7-10)19-16(18-13)12-9-20-15-4-2-1-3-11(12)15/h1-7,9H,(H,18,19). The SMILES string of the molecule is N#Cc1ccc2nc(-c3coc4ccccc34)[nH]c2c1. The largest absolute Gasteiger partial charge is 0.464 e. The van der Waals surface area contributed by atoms with Crippen LogP contribution in [0.4, 0.5) is 0 Å². The van der Waals surface area contributed by atoms with Crippen LogP contribution in [0.1, 0.15) is 5.56 Å². The van der Waals surface area contributed by atoms with Crippen molar-refractivity contribution in [2.75, 3.05) is 0 Å². The Kier molecular flexibility index (Phi) is 2.15. The van der Waals surface area contributed by atoms with Crippen LogP contribution in [0.2, 0.25) is 0 Å². The van der Waals surface area contributed by atoms with E-state index < -0.39 is 0 Å². The smallest absolute Gasteiger partial charge is 0.142 e. The Hall–Kier alpha value is -3.06. The Balaban J connectivity index is 1.96. The van der Waals surface area contributed by atoms with Crippen molar-refractivity contribution >= 4 is 22.0 Å². The molecule has 0 unspecified atom stereocenters. The summed E-state index contributed by atoms with van der Waals surface area (Å²) in [4.78, 5) is 7.80. The highest BCUT2D eigenvalue weighted by molar-refractivity contribution is 5.94. The van der Waals surface area contributed by atoms with Gasteiger partial charge in [-0.3, -0.25) is 0 Å². The van der Waals surface area contributed by atoms with Crippen molar-refractivity contribution < 1.29 is 4.42 Å². The van der Waals surface area contributed by atoms with Crippen LogP contribution in [0.5, 0.6) is 0 Å². The molecule has 94 valence electrons. The maximum atomic E-state index is 8.93. The summed E-state index contributed by atoms with van der Waals surface area (Å²) >= 11 is 0. The third-order valence-corrected chi connectivity index (χ3v) is 3.35. The van der Waals surface area contributed by atoms with Crippen LogP contribution in [0.15, 0.2) is 53.1 Å². The van der Waals surface area contributed by atoms with E-state index in [-0.39, 0.29) is 0 Å². The van der Waals surface area contributed by atoms with Gasteiger partial charge < -0.3 is 9.40 Å². The third-order valence-electron chi connectivity index (χ3n) is 3.35. The average Bonchev–Trinajstić information content (AvgIpc) is 3.09. The lowest BCUT2D eigenvalue weighted by atomic mass is 10.2. The highest BCUT2D eigenvalue weighted by Crippen LogP contribution is 2.29. The maximum absolute atomic E-state index is 8.93. The van der Waals surface area contributed by atoms with E-state index >= 15 is 0 Å². The van der Waals surface area contributed by atoms with Gasteiger partial charge in [0.25, 0.3) is 0 Å². The van der Waals surface area contributed by atoms with Crippen molar-refractivity contribution in [2.45, 2.75) is 0 Å². The monoisotopic (exact) mass is 259 g/mol. The first kappa shape index (κ1) is 10.8. The van der Waals surface area contributed by atoms with Crippen molar-refractivity contribution in [3.05, 3.63) is 54.3 Å². The first-order valence-corrected chi connectivity index (χ1v) is 6.21. The third kappa shape index (κ3) is 1.50. The van der Waals surface area contributed by atoms with E-state index in [9.17, 15) is 0 Å². The molecule has 2 heterocycles. The number of furan rings is 1. The summed E-state index contributed by atoms with van der Waals surface area (Å²) in [5, 5.41) is 9.95. The summed E-state index contributed by atoms with van der Waals surface area (Å²) in [7, 11) is 0. The van der Waals surface area contributed by atoms with Gasteiger partial charge in [0, 0.05) is 5.39 Å². The minimum Gasteiger partial charge on any atom is -0.464 e. The first-order valence-electron chi connectivity index (χ1n) is 6.21. The molecule has 0 radical (unpaired) electrons. The van der Waals surface area contributed by atoms with E-state index in [1.807, 2.05) is 30.3 Å². The molecule has 0 aliphatic carbocycles. The second-order valence-electron chi connectivity index (χ2n) is 4.57. The summed E-state index contributed by atoms with van der Waals surface area (Å²) < 4.78 is 5.53. The highest BCUT2D eigenvalue weighted by Gasteiger charge is 2.11. The molecule has 0 amide bonds. The van der Waals surface area contributed by atoms with Crippen molar-refractivity contribution in [3.8, 4) is 17.5 Å². The predicted octanol–water partition coefficient (Wildman–Crippen LogP) is 3.85. The van der Waals surface area contributed by atoms with Gasteiger partial charge in [0.2, 0.25) is 0 Å². The van der Waals surface area contributed by atoms with Gasteiger partial charge in [-0.1, -0.05) is 18.2 Å². The molecular formula is C16H9N3O. The molecule has 0 fully saturated rings. The minimum absolute atomic E-state index is 0.616. The lowest BCUT2D eigenvalue weighted by molar-refractivity contribution is 0.616. The molecule has 0 saturated heterocycles. The number of nitriles is 1. The van der Waals surface area contributed by atoms with Crippen LogP contribution in [0.3, 0.4) is 0 Å². The van der Waals surface area contributed by atoms with Crippen molar-refractivity contribution in [3.63, 3.8) is 0 Å². The van der Waals surface area contributed by atoms with Crippen LogP contribution in [0.25, 0.3) is 33.4 Å². The van der Waals surface area contributed by atoms with Gasteiger partial charge in [-0.25, -0.2) is 4.98 Å². The molecule has 1 N–H and O–H groups in total. The van der Waals surface area contributed by atoms with E-state index in [2.05, 4.69) is 16.0 Å². The Labute approximate surface area is 114 Å². The van der Waals surface area contributed by atoms with E-state index in [4.69, 9.17) is 9.68 Å². The van der Waals surface area contributed by atoms with Gasteiger partial charge in [0.1, 0.15) is 17.7 Å². The molecule has 4 aromatic rings. The van der Waals surface area contributed by atoms with Gasteiger partial charge in [-0.2, -0.15) is 5.26 Å². The number of imidazole rings is 1. The quantitative estimate of drug-likeness (QED) is 0.564. The number of H-pyrrole nitrogens is 1. The summed E-state index contributed by atoms with van der Waals surface area (Å²) in [6.45, 7) is 0. The zero-order valence-corrected chi connectivity index (χ0v) is 10.4. The fraction of sp³-hybridized carbons (Fsp3) is 0. The van der Waals surface area contributed by atoms with Gasteiger partial charge in [-0.05, 0) is 24.3 Å². The topological polar surface area (TPSA) is 65.6 Å². The van der Waals surface area contributed by atoms with Gasteiger partial charge >= 0.3 is 0 Å². The van der Waals surface area contributed by atoms with Crippen LogP contribution < -0.4 is 0 Å². The number of rotatable bonds is 1. The number of fused-ring (bicyclic) bond motifs is 2. The average molecular weight is 259 g/mol. The molecule has 2 aromatic carbocycles. The van der Waals surface area contributed by atoms with Crippen LogP contribution >= 0.6 is 0 Å². The number of aromatic nitrogens is 2. The number of hydrogen-bond acceptors (Lipinski definition) is 3. The van der Waals surface area contributed by atoms with Crippen molar-refractivity contribution in [2.24, 2.45) is 0 Å². The summed E-state index contributed by atoms with van der Waals surface area (Å²) in [6, 6.07) is 15.4. The predicted molar refractivity (Wildman–Crippen MR) is 76.0 cm³/mol. The van der Waals surface area contributed by atoms with E-state index in [1.54, 1.807) is 18.4 Å². The summed E-state index contributed by atoms with van der Waals surface area (Å²) in [5.41, 5.74) is 4.06. The van der Waals surface area contributed by atoms with E-state index in [0.717, 1.165) is 33.4 Å². The second-order valence-corrected chi connectivity index (χ2v) is 4.57. The molecule has 0 aliphatic rings. The molecule has 0 bridgehead atoms. The van der Waals surface area contributed by atoms with Crippen molar-refractivity contribution in [1.29, 1.82) is 5.26 Å². The zero-order chi connectivity index (χ0) is 13.5. The molecule has 0 saturated carbocycles. The normalized spacial score (nSPS) is 10.9. The molecule has 0 atom stereocenters. The highest BCUT2D eigenvalue weighted by atomic mass is 16.3. The molecule has 4 nitrogen and oxygen atoms in total. The van der Waals surface area contributed by atoms with Crippen LogP contribution in [-0.2, 0) is 0 Å². The van der Waals surface area contributed by atoms with Crippen LogP contribution in [-0.4, -0.2) is 9.97 Å². The number of benzene rings is 2. The number of nitrogens with zero attached hydrogens (tertiary/aromatic N) is 2. The number of nitrogens with one attached hydrogen (secondary N) is 1. The first-order chi connectivity index (χ1) is 9.85. The van der Waals surface area contributed by atoms with Gasteiger partial charge in [0.15, 0.2) is 0 Å². The Morgan fingerprint density at radius 1 is 1.15 bits per heavy atom. The zero-order valence-electron chi connectivity index (χ0n) is 10.4.